The maximum atomic E-state index is 12.5. The van der Waals surface area contributed by atoms with Crippen LogP contribution in [-0.2, 0) is 16.0 Å². The Balaban J connectivity index is 1.18. The van der Waals surface area contributed by atoms with Crippen molar-refractivity contribution in [2.24, 2.45) is 0 Å². The lowest BCUT2D eigenvalue weighted by Crippen LogP contribution is -2.50. The average molecular weight is 374 g/mol. The number of piperazine rings is 1. The zero-order valence-corrected chi connectivity index (χ0v) is 16.0. The summed E-state index contributed by atoms with van der Waals surface area (Å²) in [6, 6.07) is 8.23. The number of para-hydroxylation sites is 1. The lowest BCUT2D eigenvalue weighted by Gasteiger charge is -2.35. The van der Waals surface area contributed by atoms with Crippen molar-refractivity contribution < 1.29 is 9.53 Å². The molecule has 2 fully saturated rings. The summed E-state index contributed by atoms with van der Waals surface area (Å²) in [7, 11) is 0. The maximum Gasteiger partial charge on any atom is 0.222 e. The van der Waals surface area contributed by atoms with Crippen LogP contribution in [0, 0.1) is 0 Å². The second-order valence-corrected chi connectivity index (χ2v) is 8.36. The number of fused-ring (bicyclic) bond motifs is 1. The highest BCUT2D eigenvalue weighted by molar-refractivity contribution is 7.18. The van der Waals surface area contributed by atoms with Gasteiger partial charge in [0.15, 0.2) is 0 Å². The zero-order chi connectivity index (χ0) is 17.8. The molecule has 0 saturated carbocycles. The van der Waals surface area contributed by atoms with Crippen LogP contribution in [0.3, 0.4) is 0 Å². The largest absolute Gasteiger partial charge is 0.377 e. The fourth-order valence-electron chi connectivity index (χ4n) is 3.83. The number of hydrogen-bond donors (Lipinski definition) is 0. The van der Waals surface area contributed by atoms with Crippen LogP contribution < -0.4 is 0 Å². The third kappa shape index (κ3) is 4.42. The number of rotatable bonds is 6. The fraction of sp³-hybridized carbons (Fsp3) is 0.600. The van der Waals surface area contributed by atoms with E-state index < -0.39 is 0 Å². The van der Waals surface area contributed by atoms with Gasteiger partial charge in [0.2, 0.25) is 5.91 Å². The van der Waals surface area contributed by atoms with Gasteiger partial charge in [-0.1, -0.05) is 12.1 Å². The molecule has 1 amide bonds. The first kappa shape index (κ1) is 17.9. The Bertz CT molecular complexity index is 700. The number of aromatic nitrogens is 1. The number of carbonyl (C=O) groups is 1. The minimum Gasteiger partial charge on any atom is -0.377 e. The summed E-state index contributed by atoms with van der Waals surface area (Å²) < 4.78 is 6.95. The monoisotopic (exact) mass is 373 g/mol. The maximum absolute atomic E-state index is 12.5. The summed E-state index contributed by atoms with van der Waals surface area (Å²) in [5.74, 6) is 0.294. The number of aryl methyl sites for hydroxylation is 1. The van der Waals surface area contributed by atoms with Crippen molar-refractivity contribution in [1.82, 2.24) is 14.8 Å². The molecular weight excluding hydrogens is 346 g/mol. The third-order valence-corrected chi connectivity index (χ3v) is 6.43. The van der Waals surface area contributed by atoms with Gasteiger partial charge in [-0.25, -0.2) is 4.98 Å². The topological polar surface area (TPSA) is 45.7 Å². The van der Waals surface area contributed by atoms with Gasteiger partial charge in [0.05, 0.1) is 21.3 Å². The molecule has 0 N–H and O–H groups in total. The van der Waals surface area contributed by atoms with Crippen molar-refractivity contribution in [2.75, 3.05) is 39.3 Å². The first-order valence-electron chi connectivity index (χ1n) is 9.74. The molecule has 0 spiro atoms. The predicted molar refractivity (Wildman–Crippen MR) is 105 cm³/mol. The van der Waals surface area contributed by atoms with Crippen LogP contribution in [0.2, 0.25) is 0 Å². The SMILES string of the molecule is O=C(CCCc1nc2ccccc2s1)N1CCN(C[C@@H]2CCCO2)CC1. The number of nitrogens with zero attached hydrogens (tertiary/aromatic N) is 3. The van der Waals surface area contributed by atoms with Crippen LogP contribution in [0.1, 0.15) is 30.7 Å². The molecule has 1 aromatic heterocycles. The average Bonchev–Trinajstić information content (AvgIpc) is 3.31. The Hall–Kier alpha value is -1.50. The van der Waals surface area contributed by atoms with Crippen LogP contribution in [0.4, 0.5) is 0 Å². The molecule has 2 aromatic rings. The fourth-order valence-corrected chi connectivity index (χ4v) is 4.84. The molecule has 0 unspecified atom stereocenters. The molecule has 3 heterocycles. The Morgan fingerprint density at radius 3 is 2.85 bits per heavy atom. The Labute approximate surface area is 159 Å². The first-order chi connectivity index (χ1) is 12.8. The number of ether oxygens (including phenoxy) is 1. The molecule has 6 heteroatoms. The van der Waals surface area contributed by atoms with E-state index in [1.165, 1.54) is 17.5 Å². The van der Waals surface area contributed by atoms with Gasteiger partial charge in [0, 0.05) is 45.8 Å². The Morgan fingerprint density at radius 2 is 2.08 bits per heavy atom. The molecular formula is C20H27N3O2S. The molecule has 5 nitrogen and oxygen atoms in total. The minimum atomic E-state index is 0.294. The van der Waals surface area contributed by atoms with Crippen molar-refractivity contribution in [3.05, 3.63) is 29.3 Å². The number of benzene rings is 1. The summed E-state index contributed by atoms with van der Waals surface area (Å²) in [5.41, 5.74) is 1.07. The summed E-state index contributed by atoms with van der Waals surface area (Å²) in [6.45, 7) is 5.60. The second kappa shape index (κ2) is 8.46. The van der Waals surface area contributed by atoms with Crippen LogP contribution in [0.25, 0.3) is 10.2 Å². The highest BCUT2D eigenvalue weighted by Crippen LogP contribution is 2.23. The molecule has 0 bridgehead atoms. The van der Waals surface area contributed by atoms with Gasteiger partial charge in [-0.3, -0.25) is 9.69 Å². The van der Waals surface area contributed by atoms with Gasteiger partial charge in [-0.05, 0) is 37.8 Å². The van der Waals surface area contributed by atoms with E-state index in [0.717, 1.165) is 62.7 Å². The highest BCUT2D eigenvalue weighted by atomic mass is 32.1. The normalized spacial score (nSPS) is 21.5. The van der Waals surface area contributed by atoms with E-state index in [0.29, 0.717) is 18.4 Å². The summed E-state index contributed by atoms with van der Waals surface area (Å²) in [5, 5.41) is 1.14. The quantitative estimate of drug-likeness (QED) is 0.781. The second-order valence-electron chi connectivity index (χ2n) is 7.25. The van der Waals surface area contributed by atoms with E-state index in [9.17, 15) is 4.79 Å². The van der Waals surface area contributed by atoms with Crippen LogP contribution in [-0.4, -0.2) is 66.1 Å². The Kier molecular flexibility index (Phi) is 5.82. The number of thiazole rings is 1. The van der Waals surface area contributed by atoms with Crippen molar-refractivity contribution >= 4 is 27.5 Å². The lowest BCUT2D eigenvalue weighted by atomic mass is 10.2. The summed E-state index contributed by atoms with van der Waals surface area (Å²) in [6.07, 6.45) is 5.19. The van der Waals surface area contributed by atoms with Crippen molar-refractivity contribution in [3.8, 4) is 0 Å². The van der Waals surface area contributed by atoms with E-state index in [2.05, 4.69) is 22.0 Å². The van der Waals surface area contributed by atoms with Gasteiger partial charge in [0.1, 0.15) is 0 Å². The molecule has 1 atom stereocenters. The predicted octanol–water partition coefficient (Wildman–Crippen LogP) is 2.94. The van der Waals surface area contributed by atoms with Gasteiger partial charge in [0.25, 0.3) is 0 Å². The van der Waals surface area contributed by atoms with Crippen molar-refractivity contribution in [3.63, 3.8) is 0 Å². The molecule has 2 aliphatic rings. The molecule has 2 aliphatic heterocycles. The minimum absolute atomic E-state index is 0.294. The van der Waals surface area contributed by atoms with E-state index in [4.69, 9.17) is 4.74 Å². The van der Waals surface area contributed by atoms with Crippen LogP contribution in [0.15, 0.2) is 24.3 Å². The molecule has 1 aromatic carbocycles. The third-order valence-electron chi connectivity index (χ3n) is 5.33. The van der Waals surface area contributed by atoms with E-state index in [1.807, 2.05) is 17.0 Å². The van der Waals surface area contributed by atoms with Crippen LogP contribution >= 0.6 is 11.3 Å². The van der Waals surface area contributed by atoms with Gasteiger partial charge >= 0.3 is 0 Å². The van der Waals surface area contributed by atoms with Gasteiger partial charge < -0.3 is 9.64 Å². The molecule has 0 aliphatic carbocycles. The highest BCUT2D eigenvalue weighted by Gasteiger charge is 2.24. The summed E-state index contributed by atoms with van der Waals surface area (Å²) >= 11 is 1.75. The molecule has 2 saturated heterocycles. The zero-order valence-electron chi connectivity index (χ0n) is 15.2. The molecule has 26 heavy (non-hydrogen) atoms. The Morgan fingerprint density at radius 1 is 1.23 bits per heavy atom. The molecule has 4 rings (SSSR count). The number of amides is 1. The van der Waals surface area contributed by atoms with Crippen molar-refractivity contribution in [1.29, 1.82) is 0 Å². The van der Waals surface area contributed by atoms with Gasteiger partial charge in [-0.2, -0.15) is 0 Å². The standard InChI is InChI=1S/C20H27N3O2S/c24-20(9-3-8-19-21-17-6-1-2-7-18(17)26-19)23-12-10-22(11-13-23)15-16-5-4-14-25-16/h1-2,6-7,16H,3-5,8-15H2/t16-/m0/s1. The first-order valence-corrected chi connectivity index (χ1v) is 10.6. The van der Waals surface area contributed by atoms with E-state index in [-0.39, 0.29) is 0 Å². The molecule has 140 valence electrons. The number of hydrogen-bond acceptors (Lipinski definition) is 5. The van der Waals surface area contributed by atoms with Crippen molar-refractivity contribution in [2.45, 2.75) is 38.2 Å². The van der Waals surface area contributed by atoms with E-state index in [1.54, 1.807) is 11.3 Å². The lowest BCUT2D eigenvalue weighted by molar-refractivity contribution is -0.133. The van der Waals surface area contributed by atoms with Gasteiger partial charge in [-0.15, -0.1) is 11.3 Å². The molecule has 0 radical (unpaired) electrons. The van der Waals surface area contributed by atoms with E-state index >= 15 is 0 Å². The van der Waals surface area contributed by atoms with Crippen LogP contribution in [0.5, 0.6) is 0 Å². The smallest absolute Gasteiger partial charge is 0.222 e. The summed E-state index contributed by atoms with van der Waals surface area (Å²) in [4.78, 5) is 21.6. The number of carbonyl (C=O) groups excluding carboxylic acids is 1.